The van der Waals surface area contributed by atoms with Crippen LogP contribution < -0.4 is 0 Å². The topological polar surface area (TPSA) is 61.2 Å². The largest absolute Gasteiger partial charge is 0.244 e. The SMILES string of the molecule is CC1CCCC(C)N1S(=O)(=O)c1ccccc1C#N. The first-order valence-corrected chi connectivity index (χ1v) is 7.95. The van der Waals surface area contributed by atoms with Crippen molar-refractivity contribution in [3.8, 4) is 6.07 Å². The van der Waals surface area contributed by atoms with Crippen molar-refractivity contribution in [2.75, 3.05) is 0 Å². The van der Waals surface area contributed by atoms with Crippen LogP contribution in [0.25, 0.3) is 0 Å². The highest BCUT2D eigenvalue weighted by atomic mass is 32.2. The van der Waals surface area contributed by atoms with Gasteiger partial charge in [0.25, 0.3) is 0 Å². The molecule has 1 fully saturated rings. The Bertz CT molecular complexity index is 594. The first-order chi connectivity index (χ1) is 8.98. The highest BCUT2D eigenvalue weighted by molar-refractivity contribution is 7.89. The molecule has 0 amide bonds. The lowest BCUT2D eigenvalue weighted by molar-refractivity contribution is 0.204. The summed E-state index contributed by atoms with van der Waals surface area (Å²) < 4.78 is 27.1. The number of nitrogens with zero attached hydrogens (tertiary/aromatic N) is 2. The molecule has 1 aliphatic heterocycles. The first-order valence-electron chi connectivity index (χ1n) is 6.51. The van der Waals surface area contributed by atoms with Crippen LogP contribution in [0.4, 0.5) is 0 Å². The van der Waals surface area contributed by atoms with Gasteiger partial charge in [-0.3, -0.25) is 0 Å². The van der Waals surface area contributed by atoms with Gasteiger partial charge in [0, 0.05) is 12.1 Å². The van der Waals surface area contributed by atoms with Crippen LogP contribution in [-0.4, -0.2) is 24.8 Å². The van der Waals surface area contributed by atoms with Gasteiger partial charge >= 0.3 is 0 Å². The van der Waals surface area contributed by atoms with Gasteiger partial charge in [-0.1, -0.05) is 18.6 Å². The Morgan fingerprint density at radius 3 is 2.37 bits per heavy atom. The Morgan fingerprint density at radius 2 is 1.79 bits per heavy atom. The Morgan fingerprint density at radius 1 is 1.21 bits per heavy atom. The van der Waals surface area contributed by atoms with Gasteiger partial charge in [0.05, 0.1) is 10.5 Å². The van der Waals surface area contributed by atoms with E-state index in [1.54, 1.807) is 22.5 Å². The van der Waals surface area contributed by atoms with E-state index in [-0.39, 0.29) is 22.5 Å². The molecule has 0 N–H and O–H groups in total. The van der Waals surface area contributed by atoms with Crippen molar-refractivity contribution in [2.45, 2.75) is 50.1 Å². The normalized spacial score (nSPS) is 24.9. The molecule has 19 heavy (non-hydrogen) atoms. The second kappa shape index (κ2) is 5.32. The lowest BCUT2D eigenvalue weighted by atomic mass is 10.0. The standard InChI is InChI=1S/C14H18N2O2S/c1-11-6-5-7-12(2)16(11)19(17,18)14-9-4-3-8-13(14)10-15/h3-4,8-9,11-12H,5-7H2,1-2H3. The zero-order valence-electron chi connectivity index (χ0n) is 11.2. The van der Waals surface area contributed by atoms with Crippen molar-refractivity contribution in [3.63, 3.8) is 0 Å². The van der Waals surface area contributed by atoms with Gasteiger partial charge in [-0.15, -0.1) is 0 Å². The fourth-order valence-corrected chi connectivity index (χ4v) is 4.80. The van der Waals surface area contributed by atoms with Gasteiger partial charge in [-0.2, -0.15) is 9.57 Å². The Kier molecular flexibility index (Phi) is 3.93. The van der Waals surface area contributed by atoms with Crippen LogP contribution in [-0.2, 0) is 10.0 Å². The molecule has 0 saturated carbocycles. The van der Waals surface area contributed by atoms with Crippen molar-refractivity contribution in [3.05, 3.63) is 29.8 Å². The molecule has 0 radical (unpaired) electrons. The van der Waals surface area contributed by atoms with Gasteiger partial charge in [-0.05, 0) is 38.8 Å². The second-order valence-corrected chi connectivity index (χ2v) is 6.88. The van der Waals surface area contributed by atoms with E-state index in [9.17, 15) is 8.42 Å². The summed E-state index contributed by atoms with van der Waals surface area (Å²) in [7, 11) is -3.59. The molecule has 1 saturated heterocycles. The van der Waals surface area contributed by atoms with E-state index in [1.807, 2.05) is 19.9 Å². The maximum atomic E-state index is 12.8. The highest BCUT2D eigenvalue weighted by Gasteiger charge is 2.36. The summed E-state index contributed by atoms with van der Waals surface area (Å²) >= 11 is 0. The van der Waals surface area contributed by atoms with Crippen LogP contribution in [0.5, 0.6) is 0 Å². The molecule has 1 aliphatic rings. The summed E-state index contributed by atoms with van der Waals surface area (Å²) in [5.41, 5.74) is 0.215. The molecule has 2 rings (SSSR count). The molecular weight excluding hydrogens is 260 g/mol. The molecular formula is C14H18N2O2S. The summed E-state index contributed by atoms with van der Waals surface area (Å²) in [5.74, 6) is 0. The summed E-state index contributed by atoms with van der Waals surface area (Å²) in [6.07, 6.45) is 2.80. The van der Waals surface area contributed by atoms with E-state index in [4.69, 9.17) is 5.26 Å². The highest BCUT2D eigenvalue weighted by Crippen LogP contribution is 2.30. The third kappa shape index (κ3) is 2.51. The molecule has 0 bridgehead atoms. The minimum Gasteiger partial charge on any atom is -0.207 e. The van der Waals surface area contributed by atoms with Gasteiger partial charge in [0.2, 0.25) is 10.0 Å². The van der Waals surface area contributed by atoms with Crippen molar-refractivity contribution >= 4 is 10.0 Å². The molecule has 2 unspecified atom stereocenters. The predicted octanol–water partition coefficient (Wildman–Crippen LogP) is 2.51. The fraction of sp³-hybridized carbons (Fsp3) is 0.500. The van der Waals surface area contributed by atoms with Crippen LogP contribution in [0.2, 0.25) is 0 Å². The van der Waals surface area contributed by atoms with E-state index < -0.39 is 10.0 Å². The summed E-state index contributed by atoms with van der Waals surface area (Å²) in [6, 6.07) is 8.34. The summed E-state index contributed by atoms with van der Waals surface area (Å²) in [6.45, 7) is 3.87. The Labute approximate surface area is 114 Å². The smallest absolute Gasteiger partial charge is 0.207 e. The van der Waals surface area contributed by atoms with E-state index in [2.05, 4.69) is 0 Å². The van der Waals surface area contributed by atoms with Crippen molar-refractivity contribution in [1.82, 2.24) is 4.31 Å². The van der Waals surface area contributed by atoms with Crippen molar-refractivity contribution < 1.29 is 8.42 Å². The number of hydrogen-bond acceptors (Lipinski definition) is 3. The molecule has 2 atom stereocenters. The average molecular weight is 278 g/mol. The van der Waals surface area contributed by atoms with E-state index in [1.165, 1.54) is 6.07 Å². The molecule has 102 valence electrons. The van der Waals surface area contributed by atoms with Gasteiger partial charge in [-0.25, -0.2) is 8.42 Å². The molecule has 1 aromatic rings. The van der Waals surface area contributed by atoms with Gasteiger partial charge in [0.15, 0.2) is 0 Å². The number of hydrogen-bond donors (Lipinski definition) is 0. The van der Waals surface area contributed by atoms with Crippen LogP contribution in [0.3, 0.4) is 0 Å². The van der Waals surface area contributed by atoms with Crippen molar-refractivity contribution in [1.29, 1.82) is 5.26 Å². The monoisotopic (exact) mass is 278 g/mol. The third-order valence-electron chi connectivity index (χ3n) is 3.68. The minimum atomic E-state index is -3.59. The lowest BCUT2D eigenvalue weighted by Crippen LogP contribution is -2.47. The molecule has 0 aliphatic carbocycles. The van der Waals surface area contributed by atoms with E-state index in [0.29, 0.717) is 0 Å². The Balaban J connectivity index is 2.50. The zero-order valence-corrected chi connectivity index (χ0v) is 12.0. The van der Waals surface area contributed by atoms with Gasteiger partial charge < -0.3 is 0 Å². The number of benzene rings is 1. The molecule has 1 aromatic carbocycles. The van der Waals surface area contributed by atoms with Crippen LogP contribution in [0, 0.1) is 11.3 Å². The van der Waals surface area contributed by atoms with Crippen molar-refractivity contribution in [2.24, 2.45) is 0 Å². The lowest BCUT2D eigenvalue weighted by Gasteiger charge is -2.37. The molecule has 0 aromatic heterocycles. The van der Waals surface area contributed by atoms with Crippen LogP contribution >= 0.6 is 0 Å². The number of piperidine rings is 1. The first kappa shape index (κ1) is 14.0. The van der Waals surface area contributed by atoms with Crippen LogP contribution in [0.15, 0.2) is 29.2 Å². The minimum absolute atomic E-state index is 0.0134. The van der Waals surface area contributed by atoms with E-state index >= 15 is 0 Å². The molecule has 5 heteroatoms. The average Bonchev–Trinajstić information content (AvgIpc) is 2.38. The second-order valence-electron chi connectivity index (χ2n) is 5.07. The maximum Gasteiger partial charge on any atom is 0.244 e. The number of sulfonamides is 1. The summed E-state index contributed by atoms with van der Waals surface area (Å²) in [5, 5.41) is 9.08. The molecule has 4 nitrogen and oxygen atoms in total. The molecule has 1 heterocycles. The van der Waals surface area contributed by atoms with E-state index in [0.717, 1.165) is 19.3 Å². The molecule has 0 spiro atoms. The number of rotatable bonds is 2. The fourth-order valence-electron chi connectivity index (χ4n) is 2.77. The zero-order chi connectivity index (χ0) is 14.0. The third-order valence-corrected chi connectivity index (χ3v) is 5.86. The summed E-state index contributed by atoms with van der Waals surface area (Å²) in [4.78, 5) is 0.123. The van der Waals surface area contributed by atoms with Crippen LogP contribution in [0.1, 0.15) is 38.7 Å². The Hall–Kier alpha value is -1.38. The quantitative estimate of drug-likeness (QED) is 0.835. The van der Waals surface area contributed by atoms with Gasteiger partial charge in [0.1, 0.15) is 6.07 Å². The number of nitriles is 1. The maximum absolute atomic E-state index is 12.8. The predicted molar refractivity (Wildman–Crippen MR) is 73.0 cm³/mol.